The van der Waals surface area contributed by atoms with Crippen molar-refractivity contribution in [2.75, 3.05) is 13.2 Å². The molecule has 0 aliphatic carbocycles. The van der Waals surface area contributed by atoms with E-state index in [9.17, 15) is 10.2 Å². The van der Waals surface area contributed by atoms with Gasteiger partial charge in [0.1, 0.15) is 0 Å². The van der Waals surface area contributed by atoms with Gasteiger partial charge < -0.3 is 20.3 Å². The van der Waals surface area contributed by atoms with Gasteiger partial charge in [-0.15, -0.1) is 0 Å². The van der Waals surface area contributed by atoms with Crippen molar-refractivity contribution >= 4 is 0 Å². The molecule has 4 nitrogen and oxygen atoms in total. The van der Waals surface area contributed by atoms with Gasteiger partial charge in [-0.25, -0.2) is 0 Å². The van der Waals surface area contributed by atoms with Gasteiger partial charge in [0.15, 0.2) is 11.5 Å². The van der Waals surface area contributed by atoms with Gasteiger partial charge in [-0.2, -0.15) is 0 Å². The first-order chi connectivity index (χ1) is 8.18. The van der Waals surface area contributed by atoms with Crippen LogP contribution in [0.4, 0.5) is 0 Å². The molecule has 1 aliphatic heterocycles. The lowest BCUT2D eigenvalue weighted by atomic mass is 10.0. The predicted octanol–water partition coefficient (Wildman–Crippen LogP) is 1.61. The fraction of sp³-hybridized carbons (Fsp3) is 0.538. The summed E-state index contributed by atoms with van der Waals surface area (Å²) >= 11 is 0. The van der Waals surface area contributed by atoms with Crippen molar-refractivity contribution in [3.63, 3.8) is 0 Å². The fourth-order valence-corrected chi connectivity index (χ4v) is 2.11. The van der Waals surface area contributed by atoms with Crippen molar-refractivity contribution < 1.29 is 14.9 Å². The van der Waals surface area contributed by atoms with Gasteiger partial charge in [0.2, 0.25) is 0 Å². The molecule has 0 aromatic heterocycles. The van der Waals surface area contributed by atoms with Crippen LogP contribution in [0.2, 0.25) is 0 Å². The lowest BCUT2D eigenvalue weighted by Gasteiger charge is -2.19. The van der Waals surface area contributed by atoms with E-state index in [-0.39, 0.29) is 11.5 Å². The summed E-state index contributed by atoms with van der Waals surface area (Å²) in [5, 5.41) is 22.4. The van der Waals surface area contributed by atoms with Crippen LogP contribution in [0, 0.1) is 5.92 Å². The normalized spacial score (nSPS) is 21.6. The van der Waals surface area contributed by atoms with Crippen molar-refractivity contribution in [1.29, 1.82) is 0 Å². The first kappa shape index (κ1) is 12.2. The number of benzene rings is 1. The molecule has 1 saturated heterocycles. The summed E-state index contributed by atoms with van der Waals surface area (Å²) in [6.45, 7) is 4.32. The standard InChI is InChI=1S/C13H19NO3/c1-9(11-5-6-17-8-11)14-7-10-3-2-4-12(15)13(10)16/h2-4,9,11,14-16H,5-8H2,1H3. The van der Waals surface area contributed by atoms with Gasteiger partial charge in [-0.05, 0) is 25.3 Å². The Labute approximate surface area is 101 Å². The zero-order valence-corrected chi connectivity index (χ0v) is 10.0. The molecule has 0 spiro atoms. The zero-order chi connectivity index (χ0) is 12.3. The highest BCUT2D eigenvalue weighted by Gasteiger charge is 2.22. The molecule has 2 rings (SSSR count). The summed E-state index contributed by atoms with van der Waals surface area (Å²) in [6, 6.07) is 5.36. The Balaban J connectivity index is 1.90. The van der Waals surface area contributed by atoms with E-state index in [2.05, 4.69) is 12.2 Å². The summed E-state index contributed by atoms with van der Waals surface area (Å²) in [4.78, 5) is 0. The molecule has 3 N–H and O–H groups in total. The molecule has 0 amide bonds. The van der Waals surface area contributed by atoms with E-state index in [0.29, 0.717) is 18.5 Å². The third-order valence-electron chi connectivity index (χ3n) is 3.38. The van der Waals surface area contributed by atoms with Crippen molar-refractivity contribution in [1.82, 2.24) is 5.32 Å². The second-order valence-corrected chi connectivity index (χ2v) is 4.58. The summed E-state index contributed by atoms with van der Waals surface area (Å²) in [5.41, 5.74) is 0.718. The van der Waals surface area contributed by atoms with Crippen LogP contribution in [-0.2, 0) is 11.3 Å². The van der Waals surface area contributed by atoms with Crippen LogP contribution < -0.4 is 5.32 Å². The molecular formula is C13H19NO3. The number of hydrogen-bond donors (Lipinski definition) is 3. The largest absolute Gasteiger partial charge is 0.504 e. The Kier molecular flexibility index (Phi) is 3.86. The first-order valence-corrected chi connectivity index (χ1v) is 5.99. The Morgan fingerprint density at radius 1 is 1.47 bits per heavy atom. The van der Waals surface area contributed by atoms with E-state index in [1.807, 2.05) is 0 Å². The van der Waals surface area contributed by atoms with E-state index >= 15 is 0 Å². The highest BCUT2D eigenvalue weighted by atomic mass is 16.5. The third kappa shape index (κ3) is 2.90. The maximum absolute atomic E-state index is 9.66. The molecule has 1 heterocycles. The van der Waals surface area contributed by atoms with Crippen LogP contribution in [0.25, 0.3) is 0 Å². The maximum Gasteiger partial charge on any atom is 0.161 e. The molecule has 0 radical (unpaired) electrons. The second-order valence-electron chi connectivity index (χ2n) is 4.58. The molecule has 2 unspecified atom stereocenters. The van der Waals surface area contributed by atoms with Gasteiger partial charge in [-0.3, -0.25) is 0 Å². The smallest absolute Gasteiger partial charge is 0.161 e. The van der Waals surface area contributed by atoms with Gasteiger partial charge in [0.05, 0.1) is 6.61 Å². The fourth-order valence-electron chi connectivity index (χ4n) is 2.11. The minimum atomic E-state index is -0.0684. The molecular weight excluding hydrogens is 218 g/mol. The maximum atomic E-state index is 9.66. The zero-order valence-electron chi connectivity index (χ0n) is 10.0. The number of phenolic OH excluding ortho intramolecular Hbond substituents is 2. The van der Waals surface area contributed by atoms with Crippen molar-refractivity contribution in [3.8, 4) is 11.5 Å². The Hall–Kier alpha value is -1.26. The minimum Gasteiger partial charge on any atom is -0.504 e. The highest BCUT2D eigenvalue weighted by molar-refractivity contribution is 5.44. The van der Waals surface area contributed by atoms with Gasteiger partial charge in [0.25, 0.3) is 0 Å². The third-order valence-corrected chi connectivity index (χ3v) is 3.38. The quantitative estimate of drug-likeness (QED) is 0.696. The lowest BCUT2D eigenvalue weighted by Crippen LogP contribution is -2.33. The predicted molar refractivity (Wildman–Crippen MR) is 65.0 cm³/mol. The van der Waals surface area contributed by atoms with Gasteiger partial charge in [0, 0.05) is 24.8 Å². The van der Waals surface area contributed by atoms with Crippen LogP contribution >= 0.6 is 0 Å². The topological polar surface area (TPSA) is 61.7 Å². The highest BCUT2D eigenvalue weighted by Crippen LogP contribution is 2.28. The lowest BCUT2D eigenvalue weighted by molar-refractivity contribution is 0.178. The number of ether oxygens (including phenoxy) is 1. The molecule has 4 heteroatoms. The molecule has 1 aromatic carbocycles. The average molecular weight is 237 g/mol. The van der Waals surface area contributed by atoms with Crippen LogP contribution in [0.15, 0.2) is 18.2 Å². The van der Waals surface area contributed by atoms with Crippen LogP contribution in [0.1, 0.15) is 18.9 Å². The SMILES string of the molecule is CC(NCc1cccc(O)c1O)C1CCOC1. The summed E-state index contributed by atoms with van der Waals surface area (Å²) < 4.78 is 5.34. The summed E-state index contributed by atoms with van der Waals surface area (Å²) in [5.74, 6) is 0.436. The monoisotopic (exact) mass is 237 g/mol. The summed E-state index contributed by atoms with van der Waals surface area (Å²) in [7, 11) is 0. The Bertz CT molecular complexity index is 375. The van der Waals surface area contributed by atoms with Gasteiger partial charge in [-0.1, -0.05) is 12.1 Å². The number of phenols is 2. The van der Waals surface area contributed by atoms with E-state index < -0.39 is 0 Å². The van der Waals surface area contributed by atoms with Gasteiger partial charge >= 0.3 is 0 Å². The van der Waals surface area contributed by atoms with Crippen molar-refractivity contribution in [2.45, 2.75) is 25.9 Å². The van der Waals surface area contributed by atoms with Crippen molar-refractivity contribution in [3.05, 3.63) is 23.8 Å². The van der Waals surface area contributed by atoms with Crippen molar-refractivity contribution in [2.24, 2.45) is 5.92 Å². The minimum absolute atomic E-state index is 0.0325. The number of aromatic hydroxyl groups is 2. The molecule has 2 atom stereocenters. The van der Waals surface area contributed by atoms with E-state index in [1.165, 1.54) is 6.07 Å². The van der Waals surface area contributed by atoms with E-state index in [0.717, 1.165) is 25.2 Å². The average Bonchev–Trinajstić information content (AvgIpc) is 2.84. The molecule has 1 aromatic rings. The van der Waals surface area contributed by atoms with E-state index in [1.54, 1.807) is 12.1 Å². The van der Waals surface area contributed by atoms with Crippen LogP contribution in [0.3, 0.4) is 0 Å². The first-order valence-electron chi connectivity index (χ1n) is 5.99. The molecule has 0 saturated carbocycles. The van der Waals surface area contributed by atoms with Crippen LogP contribution in [0.5, 0.6) is 11.5 Å². The molecule has 0 bridgehead atoms. The molecule has 17 heavy (non-hydrogen) atoms. The molecule has 1 fully saturated rings. The Morgan fingerprint density at radius 2 is 2.29 bits per heavy atom. The van der Waals surface area contributed by atoms with E-state index in [4.69, 9.17) is 4.74 Å². The second kappa shape index (κ2) is 5.38. The summed E-state index contributed by atoms with van der Waals surface area (Å²) in [6.07, 6.45) is 1.08. The number of rotatable bonds is 4. The Morgan fingerprint density at radius 3 is 3.00 bits per heavy atom. The number of nitrogens with one attached hydrogen (secondary N) is 1. The number of hydrogen-bond acceptors (Lipinski definition) is 4. The van der Waals surface area contributed by atoms with Crippen LogP contribution in [-0.4, -0.2) is 29.5 Å². The molecule has 94 valence electrons. The number of para-hydroxylation sites is 1. The molecule has 1 aliphatic rings.